The molecule has 2 heteroatoms. The Kier molecular flexibility index (Phi) is 4.12. The Morgan fingerprint density at radius 2 is 2.10 bits per heavy atom. The van der Waals surface area contributed by atoms with Crippen LogP contribution in [0.2, 0.25) is 0 Å². The third-order valence-corrected chi connectivity index (χ3v) is 4.24. The Labute approximate surface area is 120 Å². The molecule has 0 amide bonds. The molecule has 1 heterocycles. The first-order chi connectivity index (χ1) is 9.83. The lowest BCUT2D eigenvalue weighted by molar-refractivity contribution is 0.152. The van der Waals surface area contributed by atoms with E-state index < -0.39 is 0 Å². The van der Waals surface area contributed by atoms with Crippen LogP contribution in [0.4, 0.5) is 0 Å². The second-order valence-corrected chi connectivity index (χ2v) is 5.74. The molecular weight excluding hydrogens is 246 g/mol. The van der Waals surface area contributed by atoms with Crippen LogP contribution in [0.15, 0.2) is 48.8 Å². The average Bonchev–Trinajstić information content (AvgIpc) is 2.48. The zero-order valence-corrected chi connectivity index (χ0v) is 11.7. The highest BCUT2D eigenvalue weighted by Crippen LogP contribution is 2.34. The summed E-state index contributed by atoms with van der Waals surface area (Å²) in [6.07, 6.45) is 8.51. The first kappa shape index (κ1) is 13.3. The van der Waals surface area contributed by atoms with Gasteiger partial charge in [0.1, 0.15) is 0 Å². The van der Waals surface area contributed by atoms with Gasteiger partial charge >= 0.3 is 0 Å². The molecule has 0 spiro atoms. The van der Waals surface area contributed by atoms with E-state index in [1.54, 1.807) is 6.20 Å². The number of pyridine rings is 1. The molecule has 0 radical (unpaired) electrons. The molecule has 2 nitrogen and oxygen atoms in total. The molecule has 1 aromatic carbocycles. The van der Waals surface area contributed by atoms with Crippen LogP contribution in [0.25, 0.3) is 0 Å². The molecule has 2 atom stereocenters. The number of hydrogen-bond donors (Lipinski definition) is 1. The highest BCUT2D eigenvalue weighted by Gasteiger charge is 2.22. The number of aryl methyl sites for hydroxylation is 1. The van der Waals surface area contributed by atoms with Crippen LogP contribution in [0.5, 0.6) is 0 Å². The fourth-order valence-corrected chi connectivity index (χ4v) is 3.30. The molecular formula is C18H21NO. The molecule has 0 saturated carbocycles. The van der Waals surface area contributed by atoms with Gasteiger partial charge in [0.25, 0.3) is 0 Å². The lowest BCUT2D eigenvalue weighted by Gasteiger charge is -2.27. The van der Waals surface area contributed by atoms with Crippen molar-refractivity contribution < 1.29 is 5.11 Å². The van der Waals surface area contributed by atoms with Crippen molar-refractivity contribution in [3.8, 4) is 0 Å². The molecule has 1 aliphatic carbocycles. The second-order valence-electron chi connectivity index (χ2n) is 5.74. The van der Waals surface area contributed by atoms with Gasteiger partial charge in [0.15, 0.2) is 0 Å². The average molecular weight is 267 g/mol. The maximum absolute atomic E-state index is 10.4. The van der Waals surface area contributed by atoms with Gasteiger partial charge in [-0.25, -0.2) is 0 Å². The van der Waals surface area contributed by atoms with Gasteiger partial charge in [-0.2, -0.15) is 0 Å². The zero-order chi connectivity index (χ0) is 13.8. The van der Waals surface area contributed by atoms with Crippen molar-refractivity contribution in [3.63, 3.8) is 0 Å². The van der Waals surface area contributed by atoms with E-state index in [2.05, 4.69) is 29.2 Å². The third kappa shape index (κ3) is 3.07. The number of aliphatic hydroxyl groups is 1. The Hall–Kier alpha value is -1.67. The Bertz CT molecular complexity index is 552. The first-order valence-corrected chi connectivity index (χ1v) is 7.47. The highest BCUT2D eigenvalue weighted by molar-refractivity contribution is 5.32. The molecule has 2 unspecified atom stereocenters. The summed E-state index contributed by atoms with van der Waals surface area (Å²) < 4.78 is 0. The highest BCUT2D eigenvalue weighted by atomic mass is 16.3. The molecule has 3 rings (SSSR count). The molecule has 0 saturated heterocycles. The van der Waals surface area contributed by atoms with E-state index in [1.165, 1.54) is 30.4 Å². The molecule has 1 aliphatic rings. The number of hydrogen-bond acceptors (Lipinski definition) is 2. The second kappa shape index (κ2) is 6.19. The van der Waals surface area contributed by atoms with Crippen LogP contribution in [0, 0.1) is 0 Å². The topological polar surface area (TPSA) is 33.1 Å². The summed E-state index contributed by atoms with van der Waals surface area (Å²) in [6, 6.07) is 12.7. The van der Waals surface area contributed by atoms with E-state index >= 15 is 0 Å². The predicted molar refractivity (Wildman–Crippen MR) is 80.7 cm³/mol. The van der Waals surface area contributed by atoms with Crippen LogP contribution >= 0.6 is 0 Å². The van der Waals surface area contributed by atoms with Crippen molar-refractivity contribution >= 4 is 0 Å². The third-order valence-electron chi connectivity index (χ3n) is 4.24. The summed E-state index contributed by atoms with van der Waals surface area (Å²) in [5.41, 5.74) is 4.03. The summed E-state index contributed by atoms with van der Waals surface area (Å²) in [6.45, 7) is 0. The quantitative estimate of drug-likeness (QED) is 0.919. The van der Waals surface area contributed by atoms with Gasteiger partial charge in [-0.05, 0) is 60.8 Å². The lowest BCUT2D eigenvalue weighted by Crippen LogP contribution is -2.18. The van der Waals surface area contributed by atoms with E-state index in [0.29, 0.717) is 12.3 Å². The molecule has 0 fully saturated rings. The van der Waals surface area contributed by atoms with E-state index in [9.17, 15) is 5.11 Å². The fraction of sp³-hybridized carbons (Fsp3) is 0.389. The van der Waals surface area contributed by atoms with Crippen molar-refractivity contribution in [2.24, 2.45) is 0 Å². The van der Waals surface area contributed by atoms with Crippen molar-refractivity contribution in [2.45, 2.75) is 44.1 Å². The van der Waals surface area contributed by atoms with Gasteiger partial charge in [0.2, 0.25) is 0 Å². The van der Waals surface area contributed by atoms with Crippen LogP contribution in [0.1, 0.15) is 41.9 Å². The first-order valence-electron chi connectivity index (χ1n) is 7.47. The van der Waals surface area contributed by atoms with Gasteiger partial charge in [-0.1, -0.05) is 30.3 Å². The molecule has 2 aromatic rings. The zero-order valence-electron chi connectivity index (χ0n) is 11.7. The Balaban J connectivity index is 1.66. The molecule has 0 aliphatic heterocycles. The predicted octanol–water partition coefficient (Wildman–Crippen LogP) is 3.50. The minimum atomic E-state index is -0.282. The van der Waals surface area contributed by atoms with E-state index in [-0.39, 0.29) is 6.10 Å². The van der Waals surface area contributed by atoms with Gasteiger partial charge in [-0.3, -0.25) is 4.98 Å². The SMILES string of the molecule is OC(Cc1cccnc1)CC1CCCc2ccccc21. The molecule has 1 aromatic heterocycles. The number of fused-ring (bicyclic) bond motifs is 1. The molecule has 0 bridgehead atoms. The summed E-state index contributed by atoms with van der Waals surface area (Å²) in [5, 5.41) is 10.4. The standard InChI is InChI=1S/C18H21NO/c20-17(11-14-5-4-10-19-13-14)12-16-8-3-7-15-6-1-2-9-18(15)16/h1-2,4-6,9-10,13,16-17,20H,3,7-8,11-12H2. The number of benzene rings is 1. The smallest absolute Gasteiger partial charge is 0.0587 e. The summed E-state index contributed by atoms with van der Waals surface area (Å²) >= 11 is 0. The number of nitrogens with zero attached hydrogens (tertiary/aromatic N) is 1. The van der Waals surface area contributed by atoms with Crippen LogP contribution in [-0.2, 0) is 12.8 Å². The van der Waals surface area contributed by atoms with E-state index in [1.807, 2.05) is 18.3 Å². The van der Waals surface area contributed by atoms with Gasteiger partial charge in [0, 0.05) is 12.4 Å². The minimum absolute atomic E-state index is 0.282. The minimum Gasteiger partial charge on any atom is -0.393 e. The van der Waals surface area contributed by atoms with Crippen LogP contribution in [0.3, 0.4) is 0 Å². The Morgan fingerprint density at radius 3 is 2.95 bits per heavy atom. The monoisotopic (exact) mass is 267 g/mol. The Morgan fingerprint density at radius 1 is 1.20 bits per heavy atom. The number of aliphatic hydroxyl groups excluding tert-OH is 1. The molecule has 1 N–H and O–H groups in total. The molecule has 104 valence electrons. The molecule has 20 heavy (non-hydrogen) atoms. The van der Waals surface area contributed by atoms with Gasteiger partial charge < -0.3 is 5.11 Å². The van der Waals surface area contributed by atoms with Crippen LogP contribution < -0.4 is 0 Å². The maximum Gasteiger partial charge on any atom is 0.0587 e. The van der Waals surface area contributed by atoms with Crippen molar-refractivity contribution in [1.82, 2.24) is 4.98 Å². The van der Waals surface area contributed by atoms with Crippen LogP contribution in [-0.4, -0.2) is 16.2 Å². The normalized spacial score (nSPS) is 19.4. The summed E-state index contributed by atoms with van der Waals surface area (Å²) in [5.74, 6) is 0.506. The largest absolute Gasteiger partial charge is 0.393 e. The van der Waals surface area contributed by atoms with E-state index in [4.69, 9.17) is 0 Å². The number of rotatable bonds is 4. The van der Waals surface area contributed by atoms with Crippen molar-refractivity contribution in [3.05, 3.63) is 65.5 Å². The number of aromatic nitrogens is 1. The lowest BCUT2D eigenvalue weighted by atomic mass is 9.79. The van der Waals surface area contributed by atoms with Gasteiger partial charge in [0.05, 0.1) is 6.10 Å². The fourth-order valence-electron chi connectivity index (χ4n) is 3.30. The van der Waals surface area contributed by atoms with Crippen molar-refractivity contribution in [1.29, 1.82) is 0 Å². The van der Waals surface area contributed by atoms with Crippen molar-refractivity contribution in [2.75, 3.05) is 0 Å². The van der Waals surface area contributed by atoms with Gasteiger partial charge in [-0.15, -0.1) is 0 Å². The maximum atomic E-state index is 10.4. The summed E-state index contributed by atoms with van der Waals surface area (Å²) in [7, 11) is 0. The summed E-state index contributed by atoms with van der Waals surface area (Å²) in [4.78, 5) is 4.11. The van der Waals surface area contributed by atoms with E-state index in [0.717, 1.165) is 12.0 Å².